The van der Waals surface area contributed by atoms with Gasteiger partial charge in [0, 0.05) is 23.6 Å². The lowest BCUT2D eigenvalue weighted by atomic mass is 9.91. The summed E-state index contributed by atoms with van der Waals surface area (Å²) in [6.45, 7) is 16.4. The Morgan fingerprint density at radius 2 is 1.75 bits per heavy atom. The van der Waals surface area contributed by atoms with Crippen LogP contribution in [0, 0.1) is 13.8 Å². The molecule has 0 aliphatic heterocycles. The molecule has 0 aliphatic rings. The van der Waals surface area contributed by atoms with Crippen LogP contribution in [-0.2, 0) is 9.59 Å². The number of hydrogen-bond acceptors (Lipinski definition) is 5. The SMILES string of the molecule is C=C(c1c(C(N)=C=O)c(N)n(-c2c(C)ccc(O)c2C)c1C(=C/C)/C(C)=C\C(C)=O)C(C)(F)F.CC. The first-order chi connectivity index (χ1) is 16.7. The molecule has 1 heterocycles. The number of aryl methyl sites for hydroxylation is 1. The molecule has 0 radical (unpaired) electrons. The lowest BCUT2D eigenvalue weighted by Gasteiger charge is -2.22. The Morgan fingerprint density at radius 3 is 2.19 bits per heavy atom. The third kappa shape index (κ3) is 5.66. The first-order valence-electron chi connectivity index (χ1n) is 11.5. The summed E-state index contributed by atoms with van der Waals surface area (Å²) in [6, 6.07) is 3.15. The van der Waals surface area contributed by atoms with Gasteiger partial charge in [0.05, 0.1) is 16.9 Å². The number of nitrogens with two attached hydrogens (primary N) is 2. The van der Waals surface area contributed by atoms with Gasteiger partial charge in [0.1, 0.15) is 17.3 Å². The predicted octanol–water partition coefficient (Wildman–Crippen LogP) is 6.15. The number of aromatic hydroxyl groups is 1. The summed E-state index contributed by atoms with van der Waals surface area (Å²) in [7, 11) is 0. The molecular formula is C28H35F2N3O3. The van der Waals surface area contributed by atoms with Crippen molar-refractivity contribution in [3.8, 4) is 11.4 Å². The molecule has 36 heavy (non-hydrogen) atoms. The molecule has 0 aliphatic carbocycles. The van der Waals surface area contributed by atoms with E-state index < -0.39 is 17.2 Å². The van der Waals surface area contributed by atoms with Crippen molar-refractivity contribution in [3.63, 3.8) is 0 Å². The molecule has 8 heteroatoms. The average Bonchev–Trinajstić information content (AvgIpc) is 3.08. The van der Waals surface area contributed by atoms with Crippen molar-refractivity contribution in [2.24, 2.45) is 5.73 Å². The number of halogens is 2. The van der Waals surface area contributed by atoms with Gasteiger partial charge in [0.25, 0.3) is 5.92 Å². The smallest absolute Gasteiger partial charge is 0.270 e. The van der Waals surface area contributed by atoms with Crippen LogP contribution in [0.4, 0.5) is 14.6 Å². The number of aromatic nitrogens is 1. The van der Waals surface area contributed by atoms with E-state index in [2.05, 4.69) is 6.58 Å². The molecule has 0 atom stereocenters. The highest BCUT2D eigenvalue weighted by molar-refractivity contribution is 6.02. The lowest BCUT2D eigenvalue weighted by Crippen LogP contribution is -2.15. The number of rotatable bonds is 7. The normalized spacial score (nSPS) is 11.9. The maximum Gasteiger partial charge on any atom is 0.270 e. The predicted molar refractivity (Wildman–Crippen MR) is 144 cm³/mol. The summed E-state index contributed by atoms with van der Waals surface area (Å²) < 4.78 is 30.8. The van der Waals surface area contributed by atoms with E-state index in [9.17, 15) is 23.5 Å². The number of anilines is 1. The van der Waals surface area contributed by atoms with Gasteiger partial charge in [-0.15, -0.1) is 0 Å². The Kier molecular flexibility index (Phi) is 9.78. The fraction of sp³-hybridized carbons (Fsp3) is 0.321. The van der Waals surface area contributed by atoms with Crippen molar-refractivity contribution >= 4 is 34.4 Å². The molecule has 194 valence electrons. The number of allylic oxidation sites excluding steroid dienone is 5. The summed E-state index contributed by atoms with van der Waals surface area (Å²) >= 11 is 0. The zero-order valence-corrected chi connectivity index (χ0v) is 22.1. The van der Waals surface area contributed by atoms with Crippen molar-refractivity contribution in [1.82, 2.24) is 4.57 Å². The van der Waals surface area contributed by atoms with Crippen LogP contribution in [-0.4, -0.2) is 27.3 Å². The zero-order chi connectivity index (χ0) is 28.1. The van der Waals surface area contributed by atoms with Gasteiger partial charge in [-0.3, -0.25) is 9.36 Å². The number of carbonyl (C=O) groups is 1. The maximum atomic E-state index is 14.6. The highest BCUT2D eigenvalue weighted by Crippen LogP contribution is 2.46. The van der Waals surface area contributed by atoms with Crippen molar-refractivity contribution in [2.75, 3.05) is 5.73 Å². The van der Waals surface area contributed by atoms with Crippen LogP contribution in [0.5, 0.6) is 5.75 Å². The molecule has 0 fully saturated rings. The van der Waals surface area contributed by atoms with Gasteiger partial charge >= 0.3 is 0 Å². The molecule has 0 saturated carbocycles. The molecule has 1 aromatic carbocycles. The summed E-state index contributed by atoms with van der Waals surface area (Å²) in [6.07, 6.45) is 3.00. The number of benzene rings is 1. The van der Waals surface area contributed by atoms with Crippen LogP contribution < -0.4 is 11.5 Å². The standard InChI is InChI=1S/C26H29F2N3O3.C2H6/c1-8-18(14(3)11-15(4)33)24-21(17(6)26(7,27)28)22(19(29)12-32)25(30)31(24)23-13(2)9-10-20(34)16(23)5;1-2/h8-11,34H,6,29-30H2,1-5,7H3;1-2H3/b14-11-,18-8+;. The third-order valence-corrected chi connectivity index (χ3v) is 5.63. The van der Waals surface area contributed by atoms with Gasteiger partial charge in [-0.1, -0.05) is 32.6 Å². The van der Waals surface area contributed by atoms with Crippen LogP contribution in [0.1, 0.15) is 69.5 Å². The van der Waals surface area contributed by atoms with Gasteiger partial charge < -0.3 is 16.6 Å². The monoisotopic (exact) mass is 499 g/mol. The maximum absolute atomic E-state index is 14.6. The van der Waals surface area contributed by atoms with Crippen LogP contribution in [0.15, 0.2) is 36.4 Å². The van der Waals surface area contributed by atoms with E-state index in [0.717, 1.165) is 0 Å². The highest BCUT2D eigenvalue weighted by atomic mass is 19.3. The van der Waals surface area contributed by atoms with Crippen molar-refractivity contribution in [2.45, 2.75) is 61.3 Å². The number of phenols is 1. The second-order valence-electron chi connectivity index (χ2n) is 8.22. The molecule has 1 aromatic heterocycles. The van der Waals surface area contributed by atoms with E-state index in [1.807, 2.05) is 13.8 Å². The van der Waals surface area contributed by atoms with Crippen LogP contribution in [0.25, 0.3) is 22.5 Å². The Morgan fingerprint density at radius 1 is 1.19 bits per heavy atom. The van der Waals surface area contributed by atoms with Gasteiger partial charge in [0.2, 0.25) is 0 Å². The number of alkyl halides is 2. The molecular weight excluding hydrogens is 464 g/mol. The molecule has 0 spiro atoms. The van der Waals surface area contributed by atoms with Crippen LogP contribution in [0.2, 0.25) is 0 Å². The van der Waals surface area contributed by atoms with E-state index in [4.69, 9.17) is 11.5 Å². The number of phenolic OH excluding ortho intramolecular Hbond substituents is 1. The first kappa shape index (κ1) is 30.1. The Hall–Kier alpha value is -3.90. The van der Waals surface area contributed by atoms with E-state index in [1.54, 1.807) is 45.8 Å². The minimum Gasteiger partial charge on any atom is -0.508 e. The highest BCUT2D eigenvalue weighted by Gasteiger charge is 2.37. The third-order valence-electron chi connectivity index (χ3n) is 5.63. The second-order valence-corrected chi connectivity index (χ2v) is 8.22. The van der Waals surface area contributed by atoms with Gasteiger partial charge in [-0.2, -0.15) is 0 Å². The molecule has 0 saturated heterocycles. The van der Waals surface area contributed by atoms with E-state index >= 15 is 0 Å². The molecule has 2 aromatic rings. The summed E-state index contributed by atoms with van der Waals surface area (Å²) in [5, 5.41) is 10.4. The Bertz CT molecular complexity index is 1300. The van der Waals surface area contributed by atoms with Crippen molar-refractivity contribution in [3.05, 3.63) is 64.4 Å². The summed E-state index contributed by atoms with van der Waals surface area (Å²) in [5.74, 6) is -2.25. The summed E-state index contributed by atoms with van der Waals surface area (Å²) in [4.78, 5) is 23.4. The molecule has 2 rings (SSSR count). The number of carbonyl (C=O) groups excluding carboxylic acids is 2. The topological polar surface area (TPSA) is 111 Å². The van der Waals surface area contributed by atoms with Gasteiger partial charge in [-0.25, -0.2) is 13.6 Å². The second kappa shape index (κ2) is 11.7. The number of ketones is 1. The average molecular weight is 500 g/mol. The molecule has 6 nitrogen and oxygen atoms in total. The molecule has 0 unspecified atom stereocenters. The zero-order valence-electron chi connectivity index (χ0n) is 22.1. The van der Waals surface area contributed by atoms with Crippen LogP contribution >= 0.6 is 0 Å². The molecule has 5 N–H and O–H groups in total. The van der Waals surface area contributed by atoms with Gasteiger partial charge in [0.15, 0.2) is 11.7 Å². The largest absolute Gasteiger partial charge is 0.508 e. The van der Waals surface area contributed by atoms with E-state index in [1.165, 1.54) is 23.6 Å². The van der Waals surface area contributed by atoms with Gasteiger partial charge in [-0.05, 0) is 63.5 Å². The Balaban J connectivity index is 0.00000316. The number of nitrogens with zero attached hydrogens (tertiary/aromatic N) is 1. The van der Waals surface area contributed by atoms with E-state index in [0.29, 0.717) is 34.9 Å². The van der Waals surface area contributed by atoms with Crippen molar-refractivity contribution in [1.29, 1.82) is 0 Å². The molecule has 0 bridgehead atoms. The fourth-order valence-electron chi connectivity index (χ4n) is 4.02. The fourth-order valence-corrected chi connectivity index (χ4v) is 4.02. The summed E-state index contributed by atoms with van der Waals surface area (Å²) in [5.41, 5.74) is 13.6. The van der Waals surface area contributed by atoms with Crippen LogP contribution in [0.3, 0.4) is 0 Å². The minimum absolute atomic E-state index is 0.0423. The quantitative estimate of drug-likeness (QED) is 0.240. The number of nitrogen functional groups attached to an aromatic ring is 1. The Labute approximate surface area is 211 Å². The molecule has 0 amide bonds. The minimum atomic E-state index is -3.40. The van der Waals surface area contributed by atoms with Crippen molar-refractivity contribution < 1.29 is 23.5 Å². The van der Waals surface area contributed by atoms with E-state index in [-0.39, 0.29) is 34.2 Å². The lowest BCUT2D eigenvalue weighted by molar-refractivity contribution is -0.112. The first-order valence-corrected chi connectivity index (χ1v) is 11.5. The number of hydrogen-bond donors (Lipinski definition) is 3.